The van der Waals surface area contributed by atoms with Crippen LogP contribution < -0.4 is 11.1 Å². The Morgan fingerprint density at radius 3 is 2.75 bits per heavy atom. The Balaban J connectivity index is 2.86. The number of hydrogen-bond acceptors (Lipinski definition) is 2. The minimum absolute atomic E-state index is 0.576. The number of benzene rings is 1. The van der Waals surface area contributed by atoms with E-state index in [-0.39, 0.29) is 0 Å². The predicted octanol–water partition coefficient (Wildman–Crippen LogP) is 2.34. The molecule has 0 heterocycles. The van der Waals surface area contributed by atoms with Gasteiger partial charge in [-0.2, -0.15) is 0 Å². The summed E-state index contributed by atoms with van der Waals surface area (Å²) in [5, 5.41) is 3.23. The standard InChI is InChI=1S/C9H13BrN2/c1-2-12-8-4-3-7(6-11)9(10)5-8/h3-5,12H,2,6,11H2,1H3. The fourth-order valence-corrected chi connectivity index (χ4v) is 1.57. The molecule has 3 N–H and O–H groups in total. The van der Waals surface area contributed by atoms with Crippen LogP contribution in [0.2, 0.25) is 0 Å². The summed E-state index contributed by atoms with van der Waals surface area (Å²) in [5.41, 5.74) is 7.79. The van der Waals surface area contributed by atoms with Gasteiger partial charge in [0.2, 0.25) is 0 Å². The second kappa shape index (κ2) is 4.48. The summed E-state index contributed by atoms with van der Waals surface area (Å²) in [4.78, 5) is 0. The van der Waals surface area contributed by atoms with Gasteiger partial charge in [-0.15, -0.1) is 0 Å². The van der Waals surface area contributed by atoms with Crippen molar-refractivity contribution in [2.45, 2.75) is 13.5 Å². The molecule has 0 aliphatic carbocycles. The van der Waals surface area contributed by atoms with Crippen LogP contribution in [0.15, 0.2) is 22.7 Å². The lowest BCUT2D eigenvalue weighted by Crippen LogP contribution is -2.00. The van der Waals surface area contributed by atoms with Crippen molar-refractivity contribution in [3.63, 3.8) is 0 Å². The third-order valence-electron chi connectivity index (χ3n) is 1.65. The lowest BCUT2D eigenvalue weighted by atomic mass is 10.2. The number of nitrogens with two attached hydrogens (primary N) is 1. The van der Waals surface area contributed by atoms with Crippen LogP contribution in [0.25, 0.3) is 0 Å². The number of hydrogen-bond donors (Lipinski definition) is 2. The Hall–Kier alpha value is -0.540. The van der Waals surface area contributed by atoms with Gasteiger partial charge in [-0.25, -0.2) is 0 Å². The molecule has 1 rings (SSSR count). The molecule has 0 aromatic heterocycles. The van der Waals surface area contributed by atoms with E-state index in [0.29, 0.717) is 6.54 Å². The largest absolute Gasteiger partial charge is 0.385 e. The molecule has 3 heteroatoms. The second-order valence-corrected chi connectivity index (χ2v) is 3.39. The summed E-state index contributed by atoms with van der Waals surface area (Å²) in [6.07, 6.45) is 0. The molecule has 0 amide bonds. The maximum absolute atomic E-state index is 5.52. The van der Waals surface area contributed by atoms with Crippen molar-refractivity contribution < 1.29 is 0 Å². The lowest BCUT2D eigenvalue weighted by molar-refractivity contribution is 1.06. The molecule has 0 aliphatic rings. The quantitative estimate of drug-likeness (QED) is 0.834. The number of rotatable bonds is 3. The SMILES string of the molecule is CCNc1ccc(CN)c(Br)c1. The zero-order valence-corrected chi connectivity index (χ0v) is 8.69. The van der Waals surface area contributed by atoms with Gasteiger partial charge in [0.25, 0.3) is 0 Å². The molecule has 0 saturated carbocycles. The summed E-state index contributed by atoms with van der Waals surface area (Å²) in [5.74, 6) is 0. The van der Waals surface area contributed by atoms with Crippen LogP contribution in [0.1, 0.15) is 12.5 Å². The summed E-state index contributed by atoms with van der Waals surface area (Å²) in [6.45, 7) is 3.59. The Morgan fingerprint density at radius 1 is 1.50 bits per heavy atom. The third kappa shape index (κ3) is 2.22. The topological polar surface area (TPSA) is 38.0 Å². The fraction of sp³-hybridized carbons (Fsp3) is 0.333. The van der Waals surface area contributed by atoms with Crippen molar-refractivity contribution in [1.82, 2.24) is 0 Å². The molecular formula is C9H13BrN2. The van der Waals surface area contributed by atoms with E-state index in [0.717, 1.165) is 22.3 Å². The highest BCUT2D eigenvalue weighted by Gasteiger charge is 1.97. The Bertz CT molecular complexity index is 261. The zero-order valence-electron chi connectivity index (χ0n) is 7.10. The third-order valence-corrected chi connectivity index (χ3v) is 2.39. The highest BCUT2D eigenvalue weighted by atomic mass is 79.9. The van der Waals surface area contributed by atoms with Gasteiger partial charge >= 0.3 is 0 Å². The van der Waals surface area contributed by atoms with E-state index >= 15 is 0 Å². The van der Waals surface area contributed by atoms with Crippen LogP contribution in [-0.4, -0.2) is 6.54 Å². The molecule has 0 saturated heterocycles. The van der Waals surface area contributed by atoms with Gasteiger partial charge < -0.3 is 11.1 Å². The number of anilines is 1. The van der Waals surface area contributed by atoms with Gasteiger partial charge in [0.05, 0.1) is 0 Å². The highest BCUT2D eigenvalue weighted by Crippen LogP contribution is 2.20. The van der Waals surface area contributed by atoms with Crippen LogP contribution in [0.3, 0.4) is 0 Å². The van der Waals surface area contributed by atoms with E-state index in [1.54, 1.807) is 0 Å². The Labute approximate surface area is 81.3 Å². The molecule has 12 heavy (non-hydrogen) atoms. The van der Waals surface area contributed by atoms with E-state index in [1.807, 2.05) is 18.2 Å². The molecule has 0 radical (unpaired) electrons. The number of halogens is 1. The summed E-state index contributed by atoms with van der Waals surface area (Å²) >= 11 is 3.46. The predicted molar refractivity (Wildman–Crippen MR) is 56.2 cm³/mol. The van der Waals surface area contributed by atoms with Crippen molar-refractivity contribution in [3.8, 4) is 0 Å². The molecule has 1 aromatic carbocycles. The average Bonchev–Trinajstić information content (AvgIpc) is 2.05. The van der Waals surface area contributed by atoms with E-state index in [4.69, 9.17) is 5.73 Å². The lowest BCUT2D eigenvalue weighted by Gasteiger charge is -2.06. The van der Waals surface area contributed by atoms with Crippen LogP contribution in [0, 0.1) is 0 Å². The molecule has 1 aromatic rings. The minimum Gasteiger partial charge on any atom is -0.385 e. The molecule has 66 valence electrons. The molecule has 2 nitrogen and oxygen atoms in total. The molecule has 0 atom stereocenters. The van der Waals surface area contributed by atoms with E-state index in [9.17, 15) is 0 Å². The smallest absolute Gasteiger partial charge is 0.0351 e. The summed E-state index contributed by atoms with van der Waals surface area (Å²) in [6, 6.07) is 6.12. The van der Waals surface area contributed by atoms with Gasteiger partial charge in [-0.1, -0.05) is 22.0 Å². The molecular weight excluding hydrogens is 216 g/mol. The molecule has 0 bridgehead atoms. The van der Waals surface area contributed by atoms with Crippen molar-refractivity contribution in [2.75, 3.05) is 11.9 Å². The Kier molecular flexibility index (Phi) is 3.56. The van der Waals surface area contributed by atoms with Gasteiger partial charge in [-0.3, -0.25) is 0 Å². The summed E-state index contributed by atoms with van der Waals surface area (Å²) < 4.78 is 1.07. The van der Waals surface area contributed by atoms with Crippen molar-refractivity contribution in [1.29, 1.82) is 0 Å². The molecule has 0 unspecified atom stereocenters. The maximum atomic E-state index is 5.52. The highest BCUT2D eigenvalue weighted by molar-refractivity contribution is 9.10. The minimum atomic E-state index is 0.576. The van der Waals surface area contributed by atoms with Crippen molar-refractivity contribution >= 4 is 21.6 Å². The molecule has 0 fully saturated rings. The van der Waals surface area contributed by atoms with E-state index in [1.165, 1.54) is 0 Å². The first-order valence-corrected chi connectivity index (χ1v) is 4.79. The first kappa shape index (κ1) is 9.55. The van der Waals surface area contributed by atoms with Gasteiger partial charge in [-0.05, 0) is 24.6 Å². The van der Waals surface area contributed by atoms with Crippen molar-refractivity contribution in [3.05, 3.63) is 28.2 Å². The van der Waals surface area contributed by atoms with Crippen molar-refractivity contribution in [2.24, 2.45) is 5.73 Å². The van der Waals surface area contributed by atoms with E-state index < -0.39 is 0 Å². The van der Waals surface area contributed by atoms with Gasteiger partial charge in [0, 0.05) is 23.2 Å². The van der Waals surface area contributed by atoms with Crippen LogP contribution in [0.5, 0.6) is 0 Å². The maximum Gasteiger partial charge on any atom is 0.0351 e. The van der Waals surface area contributed by atoms with Crippen LogP contribution >= 0.6 is 15.9 Å². The number of nitrogens with one attached hydrogen (secondary N) is 1. The first-order valence-electron chi connectivity index (χ1n) is 4.00. The van der Waals surface area contributed by atoms with Gasteiger partial charge in [0.1, 0.15) is 0 Å². The monoisotopic (exact) mass is 228 g/mol. The Morgan fingerprint density at radius 2 is 2.25 bits per heavy atom. The van der Waals surface area contributed by atoms with Crippen LogP contribution in [-0.2, 0) is 6.54 Å². The normalized spacial score (nSPS) is 9.92. The first-order chi connectivity index (χ1) is 5.77. The molecule has 0 spiro atoms. The van der Waals surface area contributed by atoms with Crippen LogP contribution in [0.4, 0.5) is 5.69 Å². The fourth-order valence-electron chi connectivity index (χ4n) is 1.03. The zero-order chi connectivity index (χ0) is 8.97. The summed E-state index contributed by atoms with van der Waals surface area (Å²) in [7, 11) is 0. The second-order valence-electron chi connectivity index (χ2n) is 2.54. The average molecular weight is 229 g/mol. The van der Waals surface area contributed by atoms with Gasteiger partial charge in [0.15, 0.2) is 0 Å². The molecule has 0 aliphatic heterocycles. The van der Waals surface area contributed by atoms with E-state index in [2.05, 4.69) is 28.2 Å².